The van der Waals surface area contributed by atoms with E-state index in [2.05, 4.69) is 16.1 Å². The minimum Gasteiger partial charge on any atom is -0.452 e. The smallest absolute Gasteiger partial charge is 0.303 e. The summed E-state index contributed by atoms with van der Waals surface area (Å²) in [5, 5.41) is 8.03. The molecule has 2 fully saturated rings. The van der Waals surface area contributed by atoms with Gasteiger partial charge < -0.3 is 20.1 Å². The van der Waals surface area contributed by atoms with Gasteiger partial charge in [0.15, 0.2) is 6.10 Å². The summed E-state index contributed by atoms with van der Waals surface area (Å²) in [6.45, 7) is 7.63. The molecule has 3 N–H and O–H groups in total. The zero-order valence-electron chi connectivity index (χ0n) is 23.3. The van der Waals surface area contributed by atoms with Crippen LogP contribution < -0.4 is 16.1 Å². The Morgan fingerprint density at radius 1 is 1.15 bits per heavy atom. The standard InChI is InChI=1S/C29H37N5O6/c1-5-7-20-9-10-21-11-12-23(32-25(21)14-20)17(2)30-27(36)24-8-6-13-34(33-24)29(38)18(3)31-28(37)26(40-19(4)35)22-15-39-16-22/h5,7,9-12,14,17-18,22,24,26,33H,6,8,13,15-16H2,1-4H3,(H,30,36)(H,31,37)/b7-5+/t17-,18+,24+,26+/m1/s1. The van der Waals surface area contributed by atoms with Crippen LogP contribution in [0.4, 0.5) is 0 Å². The first-order chi connectivity index (χ1) is 19.2. The van der Waals surface area contributed by atoms with Crippen molar-refractivity contribution in [3.8, 4) is 0 Å². The molecule has 0 aliphatic carbocycles. The molecule has 1 aromatic heterocycles. The molecule has 40 heavy (non-hydrogen) atoms. The van der Waals surface area contributed by atoms with Gasteiger partial charge in [0.05, 0.1) is 36.4 Å². The second kappa shape index (κ2) is 13.0. The number of esters is 1. The summed E-state index contributed by atoms with van der Waals surface area (Å²) < 4.78 is 10.3. The van der Waals surface area contributed by atoms with Crippen molar-refractivity contribution in [3.63, 3.8) is 0 Å². The van der Waals surface area contributed by atoms with Gasteiger partial charge in [0.25, 0.3) is 11.8 Å². The molecule has 11 nitrogen and oxygen atoms in total. The molecular formula is C29H37N5O6. The molecule has 4 atom stereocenters. The SMILES string of the molecule is C/C=C/c1ccc2ccc([C@@H](C)NC(=O)[C@@H]3CCCN(C(=O)[C@H](C)NC(=O)[C@@H](OC(C)=O)C4COC4)N3)nc2c1. The lowest BCUT2D eigenvalue weighted by molar-refractivity contribution is -0.170. The van der Waals surface area contributed by atoms with Gasteiger partial charge in [-0.15, -0.1) is 0 Å². The third kappa shape index (κ3) is 7.02. The number of aromatic nitrogens is 1. The number of allylic oxidation sites excluding steroid dienone is 1. The first-order valence-corrected chi connectivity index (χ1v) is 13.6. The van der Waals surface area contributed by atoms with Crippen molar-refractivity contribution in [2.24, 2.45) is 5.92 Å². The van der Waals surface area contributed by atoms with Crippen LogP contribution in [0.1, 0.15) is 57.8 Å². The van der Waals surface area contributed by atoms with Crippen LogP contribution in [0.5, 0.6) is 0 Å². The van der Waals surface area contributed by atoms with Crippen molar-refractivity contribution in [1.29, 1.82) is 0 Å². The van der Waals surface area contributed by atoms with Gasteiger partial charge in [-0.1, -0.05) is 30.4 Å². The molecular weight excluding hydrogens is 514 g/mol. The predicted octanol–water partition coefficient (Wildman–Crippen LogP) is 2.02. The molecule has 2 aliphatic rings. The number of hydrogen-bond donors (Lipinski definition) is 3. The third-order valence-corrected chi connectivity index (χ3v) is 7.04. The van der Waals surface area contributed by atoms with Gasteiger partial charge in [0.2, 0.25) is 5.91 Å². The van der Waals surface area contributed by atoms with E-state index in [1.165, 1.54) is 11.9 Å². The highest BCUT2D eigenvalue weighted by atomic mass is 16.6. The molecule has 214 valence electrons. The second-order valence-corrected chi connectivity index (χ2v) is 10.3. The van der Waals surface area contributed by atoms with Gasteiger partial charge in [0, 0.05) is 18.9 Å². The molecule has 0 radical (unpaired) electrons. The topological polar surface area (TPSA) is 139 Å². The Kier molecular flexibility index (Phi) is 9.49. The van der Waals surface area contributed by atoms with Gasteiger partial charge >= 0.3 is 5.97 Å². The molecule has 2 aliphatic heterocycles. The number of fused-ring (bicyclic) bond motifs is 1. The zero-order valence-corrected chi connectivity index (χ0v) is 23.3. The number of ether oxygens (including phenoxy) is 2. The summed E-state index contributed by atoms with van der Waals surface area (Å²) in [5.41, 5.74) is 5.64. The maximum Gasteiger partial charge on any atom is 0.303 e. The molecule has 0 saturated carbocycles. The highest BCUT2D eigenvalue weighted by molar-refractivity contribution is 5.90. The van der Waals surface area contributed by atoms with Gasteiger partial charge in [-0.2, -0.15) is 0 Å². The van der Waals surface area contributed by atoms with E-state index in [-0.39, 0.29) is 17.9 Å². The average Bonchev–Trinajstić information content (AvgIpc) is 2.90. The van der Waals surface area contributed by atoms with Crippen LogP contribution in [-0.2, 0) is 28.7 Å². The molecule has 4 rings (SSSR count). The minimum absolute atomic E-state index is 0.244. The number of hydrazine groups is 1. The Morgan fingerprint density at radius 3 is 2.58 bits per heavy atom. The average molecular weight is 552 g/mol. The van der Waals surface area contributed by atoms with Crippen molar-refractivity contribution in [2.45, 2.75) is 64.8 Å². The van der Waals surface area contributed by atoms with E-state index in [4.69, 9.17) is 14.5 Å². The van der Waals surface area contributed by atoms with Crippen molar-refractivity contribution in [3.05, 3.63) is 47.7 Å². The van der Waals surface area contributed by atoms with E-state index < -0.39 is 36.0 Å². The van der Waals surface area contributed by atoms with Crippen LogP contribution in [0.25, 0.3) is 17.0 Å². The lowest BCUT2D eigenvalue weighted by atomic mass is 9.99. The first-order valence-electron chi connectivity index (χ1n) is 13.6. The van der Waals surface area contributed by atoms with Crippen LogP contribution in [0.15, 0.2) is 36.4 Å². The summed E-state index contributed by atoms with van der Waals surface area (Å²) in [7, 11) is 0. The maximum absolute atomic E-state index is 13.1. The number of carbonyl (C=O) groups excluding carboxylic acids is 4. The summed E-state index contributed by atoms with van der Waals surface area (Å²) in [6, 6.07) is 8.08. The lowest BCUT2D eigenvalue weighted by Crippen LogP contribution is -2.61. The summed E-state index contributed by atoms with van der Waals surface area (Å²) in [5.74, 6) is -2.01. The fourth-order valence-corrected chi connectivity index (χ4v) is 4.77. The molecule has 0 bridgehead atoms. The Hall–Kier alpha value is -3.83. The number of carbonyl (C=O) groups is 4. The molecule has 11 heteroatoms. The summed E-state index contributed by atoms with van der Waals surface area (Å²) in [6.07, 6.45) is 4.13. The summed E-state index contributed by atoms with van der Waals surface area (Å²) in [4.78, 5) is 55.2. The van der Waals surface area contributed by atoms with Crippen LogP contribution in [0.2, 0.25) is 0 Å². The van der Waals surface area contributed by atoms with E-state index in [0.717, 1.165) is 22.2 Å². The van der Waals surface area contributed by atoms with Crippen LogP contribution in [-0.4, -0.2) is 71.6 Å². The van der Waals surface area contributed by atoms with Crippen molar-refractivity contribution < 1.29 is 28.7 Å². The molecule has 3 heterocycles. The molecule has 1 aromatic carbocycles. The Labute approximate surface area is 233 Å². The van der Waals surface area contributed by atoms with Crippen molar-refractivity contribution in [2.75, 3.05) is 19.8 Å². The number of nitrogens with zero attached hydrogens (tertiary/aromatic N) is 2. The van der Waals surface area contributed by atoms with Crippen LogP contribution >= 0.6 is 0 Å². The van der Waals surface area contributed by atoms with Gasteiger partial charge in [-0.25, -0.2) is 5.43 Å². The van der Waals surface area contributed by atoms with E-state index >= 15 is 0 Å². The van der Waals surface area contributed by atoms with Gasteiger partial charge in [0.1, 0.15) is 12.1 Å². The molecule has 3 amide bonds. The van der Waals surface area contributed by atoms with Crippen molar-refractivity contribution in [1.82, 2.24) is 26.1 Å². The summed E-state index contributed by atoms with van der Waals surface area (Å²) >= 11 is 0. The number of amides is 3. The number of nitrogens with one attached hydrogen (secondary N) is 3. The zero-order chi connectivity index (χ0) is 28.8. The van der Waals surface area contributed by atoms with E-state index in [0.29, 0.717) is 32.6 Å². The number of pyridine rings is 1. The largest absolute Gasteiger partial charge is 0.452 e. The predicted molar refractivity (Wildman–Crippen MR) is 148 cm³/mol. The quantitative estimate of drug-likeness (QED) is 0.403. The molecule has 2 saturated heterocycles. The molecule has 2 aromatic rings. The minimum atomic E-state index is -1.02. The second-order valence-electron chi connectivity index (χ2n) is 10.3. The van der Waals surface area contributed by atoms with Gasteiger partial charge in [-0.3, -0.25) is 29.2 Å². The lowest BCUT2D eigenvalue weighted by Gasteiger charge is -2.36. The van der Waals surface area contributed by atoms with Crippen LogP contribution in [0.3, 0.4) is 0 Å². The van der Waals surface area contributed by atoms with E-state index in [9.17, 15) is 19.2 Å². The highest BCUT2D eigenvalue weighted by Gasteiger charge is 2.38. The normalized spacial score (nSPS) is 19.9. The van der Waals surface area contributed by atoms with Crippen molar-refractivity contribution >= 4 is 40.7 Å². The third-order valence-electron chi connectivity index (χ3n) is 7.04. The number of hydrogen-bond acceptors (Lipinski definition) is 8. The highest BCUT2D eigenvalue weighted by Crippen LogP contribution is 2.21. The van der Waals surface area contributed by atoms with Crippen LogP contribution in [0, 0.1) is 5.92 Å². The fourth-order valence-electron chi connectivity index (χ4n) is 4.77. The first kappa shape index (κ1) is 29.2. The fraction of sp³-hybridized carbons (Fsp3) is 0.483. The molecule has 0 unspecified atom stereocenters. The maximum atomic E-state index is 13.1. The monoisotopic (exact) mass is 551 g/mol. The molecule has 0 spiro atoms. The van der Waals surface area contributed by atoms with E-state index in [1.807, 2.05) is 56.3 Å². The Balaban J connectivity index is 1.34. The van der Waals surface area contributed by atoms with Gasteiger partial charge in [-0.05, 0) is 51.3 Å². The van der Waals surface area contributed by atoms with E-state index in [1.54, 1.807) is 6.92 Å². The number of rotatable bonds is 9. The number of benzene rings is 1. The Morgan fingerprint density at radius 2 is 1.90 bits per heavy atom. The Bertz CT molecular complexity index is 1290.